The fourth-order valence-electron chi connectivity index (χ4n) is 1.87. The van der Waals surface area contributed by atoms with E-state index >= 15 is 0 Å². The first kappa shape index (κ1) is 12.7. The van der Waals surface area contributed by atoms with Crippen LogP contribution in [0.2, 0.25) is 0 Å². The van der Waals surface area contributed by atoms with E-state index in [1.165, 1.54) is 0 Å². The van der Waals surface area contributed by atoms with Gasteiger partial charge in [-0.1, -0.05) is 30.3 Å². The number of nitrogens with zero attached hydrogens (tertiary/aromatic N) is 2. The van der Waals surface area contributed by atoms with E-state index in [0.29, 0.717) is 12.0 Å². The van der Waals surface area contributed by atoms with Gasteiger partial charge in [0.15, 0.2) is 0 Å². The minimum absolute atomic E-state index is 0.0693. The van der Waals surface area contributed by atoms with Crippen molar-refractivity contribution >= 4 is 5.69 Å². The molecular formula is C16H13N3. The second-order valence-electron chi connectivity index (χ2n) is 4.16. The van der Waals surface area contributed by atoms with Crippen molar-refractivity contribution in [2.45, 2.75) is 12.5 Å². The van der Waals surface area contributed by atoms with E-state index in [4.69, 9.17) is 10.5 Å². The third kappa shape index (κ3) is 3.34. The smallest absolute Gasteiger partial charge is 0.0991 e. The van der Waals surface area contributed by atoms with Crippen molar-refractivity contribution < 1.29 is 0 Å². The van der Waals surface area contributed by atoms with E-state index in [1.54, 1.807) is 12.1 Å². The molecule has 3 heteroatoms. The summed E-state index contributed by atoms with van der Waals surface area (Å²) in [5.74, 6) is 0. The molecule has 0 amide bonds. The number of benzene rings is 2. The molecule has 1 N–H and O–H groups in total. The van der Waals surface area contributed by atoms with E-state index < -0.39 is 0 Å². The van der Waals surface area contributed by atoms with Crippen LogP contribution in [0.5, 0.6) is 0 Å². The quantitative estimate of drug-likeness (QED) is 0.897. The first-order chi connectivity index (χ1) is 9.33. The maximum Gasteiger partial charge on any atom is 0.0991 e. The van der Waals surface area contributed by atoms with Crippen LogP contribution in [-0.2, 0) is 0 Å². The van der Waals surface area contributed by atoms with Crippen LogP contribution in [0.4, 0.5) is 5.69 Å². The molecule has 0 aliphatic heterocycles. The number of anilines is 1. The molecule has 1 atom stereocenters. The predicted molar refractivity (Wildman–Crippen MR) is 74.2 cm³/mol. The van der Waals surface area contributed by atoms with Gasteiger partial charge in [-0.05, 0) is 29.8 Å². The number of hydrogen-bond acceptors (Lipinski definition) is 3. The van der Waals surface area contributed by atoms with Crippen molar-refractivity contribution in [2.24, 2.45) is 0 Å². The Morgan fingerprint density at radius 3 is 2.21 bits per heavy atom. The molecule has 3 nitrogen and oxygen atoms in total. The molecule has 19 heavy (non-hydrogen) atoms. The van der Waals surface area contributed by atoms with E-state index in [1.807, 2.05) is 42.5 Å². The molecule has 2 rings (SSSR count). The molecule has 0 saturated heterocycles. The Kier molecular flexibility index (Phi) is 4.16. The summed E-state index contributed by atoms with van der Waals surface area (Å²) in [6.07, 6.45) is 0.376. The Labute approximate surface area is 112 Å². The van der Waals surface area contributed by atoms with Gasteiger partial charge in [0.05, 0.1) is 30.2 Å². The average molecular weight is 247 g/mol. The lowest BCUT2D eigenvalue weighted by atomic mass is 10.0. The van der Waals surface area contributed by atoms with Crippen LogP contribution in [0.25, 0.3) is 0 Å². The molecule has 0 saturated carbocycles. The molecule has 0 heterocycles. The van der Waals surface area contributed by atoms with E-state index in [9.17, 15) is 0 Å². The lowest BCUT2D eigenvalue weighted by Crippen LogP contribution is -2.10. The summed E-state index contributed by atoms with van der Waals surface area (Å²) < 4.78 is 0. The van der Waals surface area contributed by atoms with Gasteiger partial charge in [-0.25, -0.2) is 0 Å². The Hall–Kier alpha value is -2.78. The molecule has 0 aliphatic rings. The molecule has 2 aromatic carbocycles. The summed E-state index contributed by atoms with van der Waals surface area (Å²) >= 11 is 0. The van der Waals surface area contributed by atoms with Crippen molar-refractivity contribution in [3.63, 3.8) is 0 Å². The molecule has 1 unspecified atom stereocenters. The zero-order valence-corrected chi connectivity index (χ0v) is 10.4. The summed E-state index contributed by atoms with van der Waals surface area (Å²) in [7, 11) is 0. The largest absolute Gasteiger partial charge is 0.377 e. The van der Waals surface area contributed by atoms with Gasteiger partial charge < -0.3 is 5.32 Å². The highest BCUT2D eigenvalue weighted by Gasteiger charge is 2.10. The highest BCUT2D eigenvalue weighted by molar-refractivity contribution is 5.46. The van der Waals surface area contributed by atoms with Gasteiger partial charge in [0, 0.05) is 5.69 Å². The van der Waals surface area contributed by atoms with Crippen LogP contribution in [0, 0.1) is 22.7 Å². The first-order valence-corrected chi connectivity index (χ1v) is 6.02. The summed E-state index contributed by atoms with van der Waals surface area (Å²) in [5, 5.41) is 21.1. The third-order valence-electron chi connectivity index (χ3n) is 2.85. The van der Waals surface area contributed by atoms with Crippen molar-refractivity contribution in [2.75, 3.05) is 5.32 Å². The summed E-state index contributed by atoms with van der Waals surface area (Å²) in [5.41, 5.74) is 2.61. The van der Waals surface area contributed by atoms with Crippen LogP contribution in [0.15, 0.2) is 54.6 Å². The topological polar surface area (TPSA) is 59.6 Å². The van der Waals surface area contributed by atoms with Crippen LogP contribution >= 0.6 is 0 Å². The monoisotopic (exact) mass is 247 g/mol. The van der Waals surface area contributed by atoms with Crippen molar-refractivity contribution in [3.05, 3.63) is 65.7 Å². The summed E-state index contributed by atoms with van der Waals surface area (Å²) in [6, 6.07) is 21.3. The fourth-order valence-corrected chi connectivity index (χ4v) is 1.87. The Morgan fingerprint density at radius 2 is 1.63 bits per heavy atom. The number of para-hydroxylation sites is 1. The molecular weight excluding hydrogens is 234 g/mol. The molecule has 0 radical (unpaired) electrons. The molecule has 2 aromatic rings. The molecule has 0 fully saturated rings. The molecule has 0 aliphatic carbocycles. The van der Waals surface area contributed by atoms with Gasteiger partial charge in [-0.2, -0.15) is 10.5 Å². The minimum Gasteiger partial charge on any atom is -0.377 e. The number of hydrogen-bond donors (Lipinski definition) is 1. The zero-order chi connectivity index (χ0) is 13.5. The summed E-state index contributed by atoms with van der Waals surface area (Å²) in [4.78, 5) is 0. The lowest BCUT2D eigenvalue weighted by Gasteiger charge is -2.17. The highest BCUT2D eigenvalue weighted by atomic mass is 14.9. The molecule has 0 spiro atoms. The standard InChI is InChI=1S/C16H13N3/c17-11-10-16(19-15-4-2-1-3-5-15)14-8-6-13(12-18)7-9-14/h1-9,16,19H,10H2. The molecule has 0 aromatic heterocycles. The highest BCUT2D eigenvalue weighted by Crippen LogP contribution is 2.22. The predicted octanol–water partition coefficient (Wildman–Crippen LogP) is 3.63. The van der Waals surface area contributed by atoms with Crippen LogP contribution < -0.4 is 5.32 Å². The summed E-state index contributed by atoms with van der Waals surface area (Å²) in [6.45, 7) is 0. The molecule has 0 bridgehead atoms. The van der Waals surface area contributed by atoms with Crippen LogP contribution in [-0.4, -0.2) is 0 Å². The Bertz CT molecular complexity index is 603. The maximum absolute atomic E-state index is 8.93. The van der Waals surface area contributed by atoms with Crippen LogP contribution in [0.3, 0.4) is 0 Å². The van der Waals surface area contributed by atoms with Gasteiger partial charge in [-0.3, -0.25) is 0 Å². The van der Waals surface area contributed by atoms with Gasteiger partial charge in [0.1, 0.15) is 0 Å². The lowest BCUT2D eigenvalue weighted by molar-refractivity contribution is 0.806. The van der Waals surface area contributed by atoms with Crippen molar-refractivity contribution in [1.82, 2.24) is 0 Å². The maximum atomic E-state index is 8.93. The zero-order valence-electron chi connectivity index (χ0n) is 10.4. The second-order valence-corrected chi connectivity index (χ2v) is 4.16. The van der Waals surface area contributed by atoms with E-state index in [0.717, 1.165) is 11.3 Å². The Balaban J connectivity index is 2.20. The van der Waals surface area contributed by atoms with E-state index in [-0.39, 0.29) is 6.04 Å². The van der Waals surface area contributed by atoms with Gasteiger partial charge in [0.2, 0.25) is 0 Å². The van der Waals surface area contributed by atoms with Gasteiger partial charge in [0.25, 0.3) is 0 Å². The van der Waals surface area contributed by atoms with Crippen LogP contribution in [0.1, 0.15) is 23.6 Å². The first-order valence-electron chi connectivity index (χ1n) is 6.02. The second kappa shape index (κ2) is 6.23. The van der Waals surface area contributed by atoms with Gasteiger partial charge in [-0.15, -0.1) is 0 Å². The number of nitriles is 2. The van der Waals surface area contributed by atoms with Crippen molar-refractivity contribution in [1.29, 1.82) is 10.5 Å². The third-order valence-corrected chi connectivity index (χ3v) is 2.85. The van der Waals surface area contributed by atoms with E-state index in [2.05, 4.69) is 17.5 Å². The van der Waals surface area contributed by atoms with Gasteiger partial charge >= 0.3 is 0 Å². The van der Waals surface area contributed by atoms with Crippen molar-refractivity contribution in [3.8, 4) is 12.1 Å². The number of nitrogens with one attached hydrogen (secondary N) is 1. The average Bonchev–Trinajstić information content (AvgIpc) is 2.48. The fraction of sp³-hybridized carbons (Fsp3) is 0.125. The SMILES string of the molecule is N#CCC(Nc1ccccc1)c1ccc(C#N)cc1. The molecule has 92 valence electrons. The minimum atomic E-state index is -0.0693. The number of rotatable bonds is 4. The normalized spacial score (nSPS) is 11.1. The Morgan fingerprint density at radius 1 is 0.947 bits per heavy atom.